The fraction of sp³-hybridized carbons (Fsp3) is 0. The zero-order valence-corrected chi connectivity index (χ0v) is 11.5. The van der Waals surface area contributed by atoms with Crippen LogP contribution in [-0.2, 0) is 0 Å². The second-order valence-corrected chi connectivity index (χ2v) is 5.31. The molecule has 0 amide bonds. The van der Waals surface area contributed by atoms with Crippen molar-refractivity contribution in [2.24, 2.45) is 0 Å². The first kappa shape index (κ1) is 12.8. The Labute approximate surface area is 126 Å². The van der Waals surface area contributed by atoms with Crippen LogP contribution >= 0.6 is 0 Å². The molecular weight excluding hydrogens is 279 g/mol. The van der Waals surface area contributed by atoms with Gasteiger partial charge in [0.2, 0.25) is 0 Å². The molecule has 0 heterocycles. The molecule has 2 nitrogen and oxygen atoms in total. The molecule has 22 heavy (non-hydrogen) atoms. The average molecular weight is 290 g/mol. The van der Waals surface area contributed by atoms with E-state index >= 15 is 0 Å². The monoisotopic (exact) mass is 290 g/mol. The van der Waals surface area contributed by atoms with Gasteiger partial charge in [0.05, 0.1) is 5.57 Å². The smallest absolute Gasteiger partial charge is 0.198 e. The largest absolute Gasteiger partial charge is 0.507 e. The van der Waals surface area contributed by atoms with Crippen molar-refractivity contribution in [3.63, 3.8) is 0 Å². The summed E-state index contributed by atoms with van der Waals surface area (Å²) in [5.74, 6) is -0.799. The fourth-order valence-electron chi connectivity index (χ4n) is 2.91. The highest BCUT2D eigenvalue weighted by molar-refractivity contribution is 6.39. The number of hydrogen-bond acceptors (Lipinski definition) is 2. The number of halogens is 1. The normalized spacial score (nSPS) is 13.8. The Bertz CT molecular complexity index is 970. The number of aliphatic hydroxyl groups excluding tert-OH is 1. The molecule has 0 atom stereocenters. The molecule has 0 saturated heterocycles. The van der Waals surface area contributed by atoms with Crippen LogP contribution in [0.2, 0.25) is 0 Å². The topological polar surface area (TPSA) is 37.3 Å². The second kappa shape index (κ2) is 4.53. The van der Waals surface area contributed by atoms with Crippen LogP contribution in [0.1, 0.15) is 21.5 Å². The standard InChI is InChI=1S/C19H11FO2/c20-14-7-3-6-13(8-14)17-18(21)15-9-11-4-1-2-5-12(11)10-16(15)19(17)22/h1-10,21H. The summed E-state index contributed by atoms with van der Waals surface area (Å²) in [6.07, 6.45) is 0. The predicted octanol–water partition coefficient (Wildman–Crippen LogP) is 4.60. The first-order valence-electron chi connectivity index (χ1n) is 6.92. The Morgan fingerprint density at radius 2 is 1.50 bits per heavy atom. The van der Waals surface area contributed by atoms with Crippen molar-refractivity contribution in [2.75, 3.05) is 0 Å². The Kier molecular flexibility index (Phi) is 2.63. The van der Waals surface area contributed by atoms with Crippen LogP contribution in [-0.4, -0.2) is 10.9 Å². The van der Waals surface area contributed by atoms with Gasteiger partial charge in [-0.15, -0.1) is 0 Å². The minimum Gasteiger partial charge on any atom is -0.507 e. The van der Waals surface area contributed by atoms with Crippen LogP contribution in [0.3, 0.4) is 0 Å². The summed E-state index contributed by atoms with van der Waals surface area (Å²) in [7, 11) is 0. The van der Waals surface area contributed by atoms with E-state index in [1.165, 1.54) is 18.2 Å². The van der Waals surface area contributed by atoms with Crippen LogP contribution in [0.25, 0.3) is 22.1 Å². The molecule has 0 saturated carbocycles. The first-order valence-corrected chi connectivity index (χ1v) is 6.92. The molecule has 1 aliphatic rings. The van der Waals surface area contributed by atoms with Gasteiger partial charge in [-0.3, -0.25) is 4.79 Å². The highest BCUT2D eigenvalue weighted by Crippen LogP contribution is 2.38. The number of carbonyl (C=O) groups is 1. The van der Waals surface area contributed by atoms with Gasteiger partial charge in [0, 0.05) is 11.1 Å². The summed E-state index contributed by atoms with van der Waals surface area (Å²) >= 11 is 0. The van der Waals surface area contributed by atoms with Crippen LogP contribution in [0.15, 0.2) is 60.7 Å². The van der Waals surface area contributed by atoms with E-state index in [1.807, 2.05) is 24.3 Å². The second-order valence-electron chi connectivity index (χ2n) is 5.31. The zero-order chi connectivity index (χ0) is 15.3. The molecule has 0 fully saturated rings. The third-order valence-corrected chi connectivity index (χ3v) is 3.96. The van der Waals surface area contributed by atoms with Crippen LogP contribution < -0.4 is 0 Å². The SMILES string of the molecule is O=C1C(c2cccc(F)c2)=C(O)c2cc3ccccc3cc21. The number of aliphatic hydroxyl groups is 1. The van der Waals surface area contributed by atoms with E-state index in [2.05, 4.69) is 0 Å². The highest BCUT2D eigenvalue weighted by Gasteiger charge is 2.31. The molecule has 3 aromatic carbocycles. The molecule has 0 unspecified atom stereocenters. The number of fused-ring (bicyclic) bond motifs is 2. The minimum atomic E-state index is -0.438. The first-order chi connectivity index (χ1) is 10.6. The maximum absolute atomic E-state index is 13.4. The molecule has 1 N–H and O–H groups in total. The molecule has 0 aliphatic heterocycles. The third-order valence-electron chi connectivity index (χ3n) is 3.96. The number of Topliss-reactive ketones (excluding diaryl/α,β-unsaturated/α-hetero) is 1. The minimum absolute atomic E-state index is 0.0867. The van der Waals surface area contributed by atoms with Gasteiger partial charge in [-0.1, -0.05) is 36.4 Å². The van der Waals surface area contributed by atoms with E-state index in [1.54, 1.807) is 18.2 Å². The number of hydrogen-bond donors (Lipinski definition) is 1. The van der Waals surface area contributed by atoms with E-state index in [-0.39, 0.29) is 17.1 Å². The summed E-state index contributed by atoms with van der Waals surface area (Å²) < 4.78 is 13.4. The molecule has 0 aromatic heterocycles. The highest BCUT2D eigenvalue weighted by atomic mass is 19.1. The zero-order valence-electron chi connectivity index (χ0n) is 11.5. The maximum Gasteiger partial charge on any atom is 0.198 e. The van der Waals surface area contributed by atoms with Crippen molar-refractivity contribution in [2.45, 2.75) is 0 Å². The Morgan fingerprint density at radius 1 is 0.818 bits per heavy atom. The fourth-order valence-corrected chi connectivity index (χ4v) is 2.91. The van der Waals surface area contributed by atoms with Gasteiger partial charge in [0.1, 0.15) is 11.6 Å². The molecule has 1 aliphatic carbocycles. The van der Waals surface area contributed by atoms with Gasteiger partial charge < -0.3 is 5.11 Å². The van der Waals surface area contributed by atoms with Gasteiger partial charge in [0.15, 0.2) is 5.78 Å². The molecule has 3 aromatic rings. The van der Waals surface area contributed by atoms with Crippen LogP contribution in [0.5, 0.6) is 0 Å². The lowest BCUT2D eigenvalue weighted by Gasteiger charge is -2.02. The molecule has 106 valence electrons. The molecule has 4 rings (SSSR count). The third kappa shape index (κ3) is 1.76. The quantitative estimate of drug-likeness (QED) is 0.711. The summed E-state index contributed by atoms with van der Waals surface area (Å²) in [6, 6.07) is 16.9. The maximum atomic E-state index is 13.4. The van der Waals surface area contributed by atoms with Gasteiger partial charge >= 0.3 is 0 Å². The predicted molar refractivity (Wildman–Crippen MR) is 84.1 cm³/mol. The van der Waals surface area contributed by atoms with E-state index in [0.29, 0.717) is 16.7 Å². The van der Waals surface area contributed by atoms with E-state index in [0.717, 1.165) is 10.8 Å². The van der Waals surface area contributed by atoms with Gasteiger partial charge in [-0.05, 0) is 40.6 Å². The molecule has 0 radical (unpaired) electrons. The summed E-state index contributed by atoms with van der Waals surface area (Å²) in [5.41, 5.74) is 1.51. The Hall–Kier alpha value is -2.94. The summed E-state index contributed by atoms with van der Waals surface area (Å²) in [5, 5.41) is 12.3. The molecule has 0 spiro atoms. The lowest BCUT2D eigenvalue weighted by molar-refractivity contribution is 0.105. The van der Waals surface area contributed by atoms with Crippen molar-refractivity contribution < 1.29 is 14.3 Å². The van der Waals surface area contributed by atoms with Crippen LogP contribution in [0.4, 0.5) is 4.39 Å². The Morgan fingerprint density at radius 3 is 2.18 bits per heavy atom. The number of benzene rings is 3. The lowest BCUT2D eigenvalue weighted by Crippen LogP contribution is -1.98. The van der Waals surface area contributed by atoms with Gasteiger partial charge in [-0.25, -0.2) is 4.39 Å². The summed E-state index contributed by atoms with van der Waals surface area (Å²) in [6.45, 7) is 0. The number of carbonyl (C=O) groups excluding carboxylic acids is 1. The molecule has 0 bridgehead atoms. The Balaban J connectivity index is 1.97. The van der Waals surface area contributed by atoms with Gasteiger partial charge in [-0.2, -0.15) is 0 Å². The van der Waals surface area contributed by atoms with Crippen molar-refractivity contribution in [3.05, 3.63) is 83.2 Å². The number of ketones is 1. The number of allylic oxidation sites excluding steroid dienone is 1. The van der Waals surface area contributed by atoms with E-state index in [9.17, 15) is 14.3 Å². The van der Waals surface area contributed by atoms with Crippen molar-refractivity contribution in [1.29, 1.82) is 0 Å². The van der Waals surface area contributed by atoms with E-state index in [4.69, 9.17) is 0 Å². The average Bonchev–Trinajstić information content (AvgIpc) is 2.76. The van der Waals surface area contributed by atoms with Crippen molar-refractivity contribution >= 4 is 27.9 Å². The van der Waals surface area contributed by atoms with Crippen LogP contribution in [0, 0.1) is 5.82 Å². The van der Waals surface area contributed by atoms with Gasteiger partial charge in [0.25, 0.3) is 0 Å². The number of rotatable bonds is 1. The summed E-state index contributed by atoms with van der Waals surface area (Å²) in [4.78, 5) is 12.6. The lowest BCUT2D eigenvalue weighted by atomic mass is 10.00. The molecular formula is C19H11FO2. The molecule has 3 heteroatoms. The van der Waals surface area contributed by atoms with Crippen molar-refractivity contribution in [1.82, 2.24) is 0 Å². The van der Waals surface area contributed by atoms with Crippen molar-refractivity contribution in [3.8, 4) is 0 Å². The van der Waals surface area contributed by atoms with E-state index < -0.39 is 5.82 Å².